The Bertz CT molecular complexity index is 655. The molecule has 2 aromatic carbocycles. The van der Waals surface area contributed by atoms with Crippen LogP contribution in [0.25, 0.3) is 0 Å². The standard InChI is InChI=1S/C19H24BrClN2O2/c20-17-5-6-19(25-14-15-3-1-4-18(21)11-15)16(12-17)13-23-8-2-7-22-9-10-24/h1,3-6,11-12,22-24H,2,7-10,13-14H2. The highest BCUT2D eigenvalue weighted by molar-refractivity contribution is 9.10. The smallest absolute Gasteiger partial charge is 0.124 e. The van der Waals surface area contributed by atoms with Gasteiger partial charge in [0.05, 0.1) is 6.61 Å². The van der Waals surface area contributed by atoms with Crippen LogP contribution in [0.2, 0.25) is 5.02 Å². The molecule has 136 valence electrons. The minimum atomic E-state index is 0.179. The number of hydrogen-bond acceptors (Lipinski definition) is 4. The molecule has 0 aliphatic carbocycles. The summed E-state index contributed by atoms with van der Waals surface area (Å²) in [5.74, 6) is 0.870. The number of aliphatic hydroxyl groups excluding tert-OH is 1. The van der Waals surface area contributed by atoms with Crippen LogP contribution < -0.4 is 15.4 Å². The summed E-state index contributed by atoms with van der Waals surface area (Å²) >= 11 is 9.54. The first kappa shape index (κ1) is 20.2. The minimum absolute atomic E-state index is 0.179. The van der Waals surface area contributed by atoms with Crippen molar-refractivity contribution in [1.29, 1.82) is 0 Å². The van der Waals surface area contributed by atoms with E-state index in [0.29, 0.717) is 18.2 Å². The van der Waals surface area contributed by atoms with E-state index in [-0.39, 0.29) is 6.61 Å². The average molecular weight is 428 g/mol. The molecule has 0 saturated carbocycles. The molecule has 2 rings (SSSR count). The van der Waals surface area contributed by atoms with E-state index in [0.717, 1.165) is 47.4 Å². The van der Waals surface area contributed by atoms with Gasteiger partial charge in [-0.25, -0.2) is 0 Å². The van der Waals surface area contributed by atoms with Crippen molar-refractivity contribution in [2.24, 2.45) is 0 Å². The van der Waals surface area contributed by atoms with E-state index in [1.165, 1.54) is 0 Å². The average Bonchev–Trinajstić information content (AvgIpc) is 2.60. The summed E-state index contributed by atoms with van der Waals surface area (Å²) in [7, 11) is 0. The summed E-state index contributed by atoms with van der Waals surface area (Å²) in [5, 5.41) is 16.0. The predicted octanol–water partition coefficient (Wildman–Crippen LogP) is 3.74. The molecule has 0 aliphatic heterocycles. The van der Waals surface area contributed by atoms with Crippen molar-refractivity contribution in [2.45, 2.75) is 19.6 Å². The fourth-order valence-electron chi connectivity index (χ4n) is 2.38. The lowest BCUT2D eigenvalue weighted by molar-refractivity contribution is 0.292. The number of halogens is 2. The number of ether oxygens (including phenoxy) is 1. The maximum atomic E-state index is 8.72. The molecule has 0 aliphatic rings. The van der Waals surface area contributed by atoms with Gasteiger partial charge in [-0.15, -0.1) is 0 Å². The van der Waals surface area contributed by atoms with Crippen molar-refractivity contribution in [3.05, 3.63) is 63.1 Å². The Morgan fingerprint density at radius 3 is 2.68 bits per heavy atom. The van der Waals surface area contributed by atoms with Gasteiger partial charge in [0.25, 0.3) is 0 Å². The first-order valence-corrected chi connectivity index (χ1v) is 9.54. The van der Waals surface area contributed by atoms with Gasteiger partial charge in [0.1, 0.15) is 12.4 Å². The number of nitrogens with one attached hydrogen (secondary N) is 2. The van der Waals surface area contributed by atoms with Gasteiger partial charge in [-0.2, -0.15) is 0 Å². The zero-order valence-electron chi connectivity index (χ0n) is 14.1. The van der Waals surface area contributed by atoms with Crippen LogP contribution in [0.1, 0.15) is 17.5 Å². The highest BCUT2D eigenvalue weighted by Gasteiger charge is 2.05. The first-order valence-electron chi connectivity index (χ1n) is 8.37. The normalized spacial score (nSPS) is 10.8. The SMILES string of the molecule is OCCNCCCNCc1cc(Br)ccc1OCc1cccc(Cl)c1. The van der Waals surface area contributed by atoms with Crippen LogP contribution in [0, 0.1) is 0 Å². The molecule has 2 aromatic rings. The number of benzene rings is 2. The van der Waals surface area contributed by atoms with Crippen molar-refractivity contribution >= 4 is 27.5 Å². The molecule has 0 saturated heterocycles. The van der Waals surface area contributed by atoms with E-state index in [4.69, 9.17) is 21.4 Å². The first-order chi connectivity index (χ1) is 12.2. The van der Waals surface area contributed by atoms with Crippen LogP contribution in [0.3, 0.4) is 0 Å². The van der Waals surface area contributed by atoms with E-state index >= 15 is 0 Å². The molecule has 0 aromatic heterocycles. The lowest BCUT2D eigenvalue weighted by Crippen LogP contribution is -2.24. The Morgan fingerprint density at radius 1 is 1.04 bits per heavy atom. The molecule has 25 heavy (non-hydrogen) atoms. The summed E-state index contributed by atoms with van der Waals surface area (Å²) < 4.78 is 7.02. The summed E-state index contributed by atoms with van der Waals surface area (Å²) in [6, 6.07) is 13.7. The lowest BCUT2D eigenvalue weighted by atomic mass is 10.2. The monoisotopic (exact) mass is 426 g/mol. The van der Waals surface area contributed by atoms with Gasteiger partial charge in [-0.05, 0) is 55.4 Å². The van der Waals surface area contributed by atoms with Crippen molar-refractivity contribution in [3.8, 4) is 5.75 Å². The second kappa shape index (κ2) is 11.5. The molecular weight excluding hydrogens is 404 g/mol. The third-order valence-corrected chi connectivity index (χ3v) is 4.35. The summed E-state index contributed by atoms with van der Waals surface area (Å²) in [5.41, 5.74) is 2.16. The second-order valence-electron chi connectivity index (χ2n) is 5.67. The van der Waals surface area contributed by atoms with Crippen LogP contribution in [0.15, 0.2) is 46.9 Å². The Kier molecular flexibility index (Phi) is 9.29. The van der Waals surface area contributed by atoms with Gasteiger partial charge in [-0.1, -0.05) is 39.7 Å². The largest absolute Gasteiger partial charge is 0.489 e. The third kappa shape index (κ3) is 7.75. The zero-order chi connectivity index (χ0) is 17.9. The Labute approximate surface area is 162 Å². The van der Waals surface area contributed by atoms with Gasteiger partial charge in [0.2, 0.25) is 0 Å². The molecule has 3 N–H and O–H groups in total. The second-order valence-corrected chi connectivity index (χ2v) is 7.03. The molecule has 4 nitrogen and oxygen atoms in total. The van der Waals surface area contributed by atoms with Gasteiger partial charge in [0.15, 0.2) is 0 Å². The molecule has 0 heterocycles. The van der Waals surface area contributed by atoms with Crippen molar-refractivity contribution < 1.29 is 9.84 Å². The van der Waals surface area contributed by atoms with E-state index in [1.807, 2.05) is 36.4 Å². The molecule has 0 fully saturated rings. The highest BCUT2D eigenvalue weighted by Crippen LogP contribution is 2.24. The molecular formula is C19H24BrClN2O2. The van der Waals surface area contributed by atoms with Gasteiger partial charge in [0, 0.05) is 28.1 Å². The minimum Gasteiger partial charge on any atom is -0.489 e. The highest BCUT2D eigenvalue weighted by atomic mass is 79.9. The van der Waals surface area contributed by atoms with Gasteiger partial charge < -0.3 is 20.5 Å². The molecule has 0 unspecified atom stereocenters. The van der Waals surface area contributed by atoms with E-state index in [9.17, 15) is 0 Å². The Hall–Kier alpha value is -1.11. The lowest BCUT2D eigenvalue weighted by Gasteiger charge is -2.13. The molecule has 0 bridgehead atoms. The number of hydrogen-bond donors (Lipinski definition) is 3. The van der Waals surface area contributed by atoms with Crippen LogP contribution >= 0.6 is 27.5 Å². The van der Waals surface area contributed by atoms with Crippen molar-refractivity contribution in [2.75, 3.05) is 26.2 Å². The van der Waals surface area contributed by atoms with E-state index < -0.39 is 0 Å². The van der Waals surface area contributed by atoms with Gasteiger partial charge in [-0.3, -0.25) is 0 Å². The molecule has 0 amide bonds. The fraction of sp³-hybridized carbons (Fsp3) is 0.368. The fourth-order valence-corrected chi connectivity index (χ4v) is 3.00. The summed E-state index contributed by atoms with van der Waals surface area (Å²) in [6.45, 7) is 3.85. The molecule has 0 atom stereocenters. The van der Waals surface area contributed by atoms with Crippen LogP contribution in [0.5, 0.6) is 5.75 Å². The van der Waals surface area contributed by atoms with Crippen LogP contribution in [0.4, 0.5) is 0 Å². The maximum Gasteiger partial charge on any atom is 0.124 e. The Balaban J connectivity index is 1.84. The Morgan fingerprint density at radius 2 is 1.88 bits per heavy atom. The molecule has 0 radical (unpaired) electrons. The predicted molar refractivity (Wildman–Crippen MR) is 106 cm³/mol. The van der Waals surface area contributed by atoms with Crippen molar-refractivity contribution in [3.63, 3.8) is 0 Å². The topological polar surface area (TPSA) is 53.5 Å². The number of rotatable bonds is 11. The summed E-state index contributed by atoms with van der Waals surface area (Å²) in [6.07, 6.45) is 1.01. The third-order valence-electron chi connectivity index (χ3n) is 3.62. The van der Waals surface area contributed by atoms with Gasteiger partial charge >= 0.3 is 0 Å². The number of aliphatic hydroxyl groups is 1. The van der Waals surface area contributed by atoms with Crippen LogP contribution in [-0.4, -0.2) is 31.3 Å². The molecule has 0 spiro atoms. The maximum absolute atomic E-state index is 8.72. The van der Waals surface area contributed by atoms with Crippen molar-refractivity contribution in [1.82, 2.24) is 10.6 Å². The molecule has 6 heteroatoms. The van der Waals surface area contributed by atoms with Crippen LogP contribution in [-0.2, 0) is 13.2 Å². The quantitative estimate of drug-likeness (QED) is 0.478. The van der Waals surface area contributed by atoms with E-state index in [1.54, 1.807) is 0 Å². The van der Waals surface area contributed by atoms with E-state index in [2.05, 4.69) is 32.6 Å². The summed E-state index contributed by atoms with van der Waals surface area (Å²) in [4.78, 5) is 0. The zero-order valence-corrected chi connectivity index (χ0v) is 16.4.